The number of pyridine rings is 1. The lowest BCUT2D eigenvalue weighted by Crippen LogP contribution is -2.43. The maximum absolute atomic E-state index is 5.90. The van der Waals surface area contributed by atoms with Crippen molar-refractivity contribution in [2.24, 2.45) is 0 Å². The molecule has 1 saturated heterocycles. The minimum atomic E-state index is 0.800. The van der Waals surface area contributed by atoms with Crippen LogP contribution in [-0.4, -0.2) is 41.4 Å². The SMILES string of the molecule is c1ccc(Oc2ccc(-c3nc(N4CCNCC4)cc4cn[nH]c34)cc2)cc1. The second-order valence-corrected chi connectivity index (χ2v) is 6.84. The summed E-state index contributed by atoms with van der Waals surface area (Å²) >= 11 is 0. The van der Waals surface area contributed by atoms with Crippen LogP contribution in [0.4, 0.5) is 5.82 Å². The van der Waals surface area contributed by atoms with Crippen molar-refractivity contribution in [2.45, 2.75) is 0 Å². The Morgan fingerprint density at radius 3 is 2.43 bits per heavy atom. The number of hydrogen-bond donors (Lipinski definition) is 2. The van der Waals surface area contributed by atoms with E-state index in [-0.39, 0.29) is 0 Å². The van der Waals surface area contributed by atoms with Gasteiger partial charge >= 0.3 is 0 Å². The van der Waals surface area contributed by atoms with Gasteiger partial charge in [0.25, 0.3) is 0 Å². The fourth-order valence-corrected chi connectivity index (χ4v) is 3.51. The molecule has 1 aliphatic rings. The van der Waals surface area contributed by atoms with Crippen molar-refractivity contribution in [1.82, 2.24) is 20.5 Å². The lowest BCUT2D eigenvalue weighted by molar-refractivity contribution is 0.483. The van der Waals surface area contributed by atoms with Crippen LogP contribution in [-0.2, 0) is 0 Å². The molecule has 0 atom stereocenters. The topological polar surface area (TPSA) is 66.1 Å². The van der Waals surface area contributed by atoms with Gasteiger partial charge in [0, 0.05) is 37.1 Å². The van der Waals surface area contributed by atoms with Gasteiger partial charge in [-0.3, -0.25) is 5.10 Å². The molecule has 1 fully saturated rings. The van der Waals surface area contributed by atoms with Crippen LogP contribution in [0.15, 0.2) is 66.9 Å². The zero-order valence-corrected chi connectivity index (χ0v) is 15.4. The summed E-state index contributed by atoms with van der Waals surface area (Å²) in [6.45, 7) is 3.87. The van der Waals surface area contributed by atoms with Crippen LogP contribution < -0.4 is 15.0 Å². The first kappa shape index (κ1) is 16.8. The average molecular weight is 371 g/mol. The second-order valence-electron chi connectivity index (χ2n) is 6.84. The maximum Gasteiger partial charge on any atom is 0.130 e. The summed E-state index contributed by atoms with van der Waals surface area (Å²) in [7, 11) is 0. The van der Waals surface area contributed by atoms with Crippen molar-refractivity contribution < 1.29 is 4.74 Å². The molecule has 1 aliphatic heterocycles. The van der Waals surface area contributed by atoms with E-state index in [0.717, 1.165) is 65.7 Å². The zero-order chi connectivity index (χ0) is 18.8. The number of para-hydroxylation sites is 1. The molecule has 2 N–H and O–H groups in total. The number of hydrogen-bond acceptors (Lipinski definition) is 5. The first-order valence-corrected chi connectivity index (χ1v) is 9.50. The molecule has 140 valence electrons. The highest BCUT2D eigenvalue weighted by atomic mass is 16.5. The van der Waals surface area contributed by atoms with Gasteiger partial charge in [0.05, 0.1) is 17.4 Å². The summed E-state index contributed by atoms with van der Waals surface area (Å²) in [5.74, 6) is 2.62. The summed E-state index contributed by atoms with van der Waals surface area (Å²) in [5.41, 5.74) is 2.90. The Bertz CT molecular complexity index is 1070. The van der Waals surface area contributed by atoms with E-state index in [1.807, 2.05) is 60.8 Å². The molecule has 2 aromatic carbocycles. The monoisotopic (exact) mass is 371 g/mol. The van der Waals surface area contributed by atoms with Gasteiger partial charge in [0.2, 0.25) is 0 Å². The number of aromatic amines is 1. The van der Waals surface area contributed by atoms with Gasteiger partial charge in [-0.1, -0.05) is 18.2 Å². The average Bonchev–Trinajstić information content (AvgIpc) is 3.24. The summed E-state index contributed by atoms with van der Waals surface area (Å²) in [4.78, 5) is 7.29. The smallest absolute Gasteiger partial charge is 0.130 e. The van der Waals surface area contributed by atoms with Crippen molar-refractivity contribution >= 4 is 16.7 Å². The van der Waals surface area contributed by atoms with E-state index < -0.39 is 0 Å². The van der Waals surface area contributed by atoms with E-state index in [4.69, 9.17) is 9.72 Å². The number of benzene rings is 2. The molecule has 3 heterocycles. The first-order valence-electron chi connectivity index (χ1n) is 9.50. The summed E-state index contributed by atoms with van der Waals surface area (Å²) in [6, 6.07) is 19.9. The third kappa shape index (κ3) is 3.30. The number of nitrogens with one attached hydrogen (secondary N) is 2. The summed E-state index contributed by atoms with van der Waals surface area (Å²) in [5, 5.41) is 11.8. The van der Waals surface area contributed by atoms with Gasteiger partial charge in [0.15, 0.2) is 0 Å². The number of aromatic nitrogens is 3. The van der Waals surface area contributed by atoms with E-state index >= 15 is 0 Å². The Morgan fingerprint density at radius 1 is 0.893 bits per heavy atom. The van der Waals surface area contributed by atoms with Crippen LogP contribution in [0.1, 0.15) is 0 Å². The van der Waals surface area contributed by atoms with Gasteiger partial charge in [-0.05, 0) is 42.5 Å². The Labute approximate surface area is 163 Å². The van der Waals surface area contributed by atoms with Crippen LogP contribution >= 0.6 is 0 Å². The number of anilines is 1. The van der Waals surface area contributed by atoms with Crippen molar-refractivity contribution in [2.75, 3.05) is 31.1 Å². The fraction of sp³-hybridized carbons (Fsp3) is 0.182. The third-order valence-corrected chi connectivity index (χ3v) is 4.96. The number of piperazine rings is 1. The number of ether oxygens (including phenoxy) is 1. The van der Waals surface area contributed by atoms with E-state index in [9.17, 15) is 0 Å². The second kappa shape index (κ2) is 7.32. The fourth-order valence-electron chi connectivity index (χ4n) is 3.51. The molecule has 0 unspecified atom stereocenters. The van der Waals surface area contributed by atoms with Crippen molar-refractivity contribution in [1.29, 1.82) is 0 Å². The molecule has 0 bridgehead atoms. The highest BCUT2D eigenvalue weighted by Gasteiger charge is 2.16. The van der Waals surface area contributed by atoms with Crippen LogP contribution in [0.5, 0.6) is 11.5 Å². The van der Waals surface area contributed by atoms with Crippen molar-refractivity contribution in [3.63, 3.8) is 0 Å². The third-order valence-electron chi connectivity index (χ3n) is 4.96. The van der Waals surface area contributed by atoms with E-state index in [2.05, 4.69) is 26.5 Å². The molecule has 6 nitrogen and oxygen atoms in total. The summed E-state index contributed by atoms with van der Waals surface area (Å²) in [6.07, 6.45) is 1.86. The molecule has 0 spiro atoms. The zero-order valence-electron chi connectivity index (χ0n) is 15.4. The van der Waals surface area contributed by atoms with Gasteiger partial charge < -0.3 is 15.0 Å². The van der Waals surface area contributed by atoms with Crippen LogP contribution in [0.25, 0.3) is 22.2 Å². The van der Waals surface area contributed by atoms with E-state index in [0.29, 0.717) is 0 Å². The molecular formula is C22H21N5O. The lowest BCUT2D eigenvalue weighted by atomic mass is 10.1. The first-order chi connectivity index (χ1) is 13.9. The largest absolute Gasteiger partial charge is 0.457 e. The Hall–Kier alpha value is -3.38. The van der Waals surface area contributed by atoms with Crippen LogP contribution in [0, 0.1) is 0 Å². The van der Waals surface area contributed by atoms with Crippen molar-refractivity contribution in [3.8, 4) is 22.8 Å². The van der Waals surface area contributed by atoms with Crippen LogP contribution in [0.3, 0.4) is 0 Å². The normalized spacial score (nSPS) is 14.4. The Morgan fingerprint density at radius 2 is 1.64 bits per heavy atom. The molecule has 5 rings (SSSR count). The van der Waals surface area contributed by atoms with Gasteiger partial charge in [-0.15, -0.1) is 0 Å². The maximum atomic E-state index is 5.90. The van der Waals surface area contributed by atoms with Gasteiger partial charge in [-0.2, -0.15) is 5.10 Å². The number of fused-ring (bicyclic) bond motifs is 1. The molecular weight excluding hydrogens is 350 g/mol. The summed E-state index contributed by atoms with van der Waals surface area (Å²) < 4.78 is 5.90. The van der Waals surface area contributed by atoms with E-state index in [1.54, 1.807) is 0 Å². The number of H-pyrrole nitrogens is 1. The molecule has 0 radical (unpaired) electrons. The highest BCUT2D eigenvalue weighted by molar-refractivity contribution is 5.93. The standard InChI is InChI=1S/C22H21N5O/c1-2-4-18(5-3-1)28-19-8-6-16(7-9-19)21-22-17(15-24-26-22)14-20(25-21)27-12-10-23-11-13-27/h1-9,14-15,23H,10-13H2,(H,24,26). The van der Waals surface area contributed by atoms with E-state index in [1.165, 1.54) is 0 Å². The quantitative estimate of drug-likeness (QED) is 0.571. The molecule has 28 heavy (non-hydrogen) atoms. The molecule has 2 aromatic heterocycles. The Balaban J connectivity index is 1.48. The van der Waals surface area contributed by atoms with Gasteiger partial charge in [0.1, 0.15) is 17.3 Å². The van der Waals surface area contributed by atoms with Crippen molar-refractivity contribution in [3.05, 3.63) is 66.9 Å². The minimum absolute atomic E-state index is 0.800. The minimum Gasteiger partial charge on any atom is -0.457 e. The highest BCUT2D eigenvalue weighted by Crippen LogP contribution is 2.31. The molecule has 0 saturated carbocycles. The lowest BCUT2D eigenvalue weighted by Gasteiger charge is -2.28. The molecule has 0 aliphatic carbocycles. The number of rotatable bonds is 4. The molecule has 4 aromatic rings. The van der Waals surface area contributed by atoms with Crippen LogP contribution in [0.2, 0.25) is 0 Å². The Kier molecular flexibility index (Phi) is 4.39. The molecule has 0 amide bonds. The predicted molar refractivity (Wildman–Crippen MR) is 111 cm³/mol. The number of nitrogens with zero attached hydrogens (tertiary/aromatic N) is 3. The van der Waals surface area contributed by atoms with Gasteiger partial charge in [-0.25, -0.2) is 4.98 Å². The predicted octanol–water partition coefficient (Wildman–Crippen LogP) is 3.83. The molecule has 6 heteroatoms.